The molecular formula is C16H21N3O. The maximum atomic E-state index is 9.87. The van der Waals surface area contributed by atoms with Crippen molar-refractivity contribution in [3.05, 3.63) is 47.8 Å². The molecule has 4 nitrogen and oxygen atoms in total. The fourth-order valence-electron chi connectivity index (χ4n) is 1.75. The molecule has 0 aliphatic carbocycles. The molecule has 0 bridgehead atoms. The van der Waals surface area contributed by atoms with Crippen molar-refractivity contribution in [2.24, 2.45) is 9.98 Å². The maximum absolute atomic E-state index is 9.87. The molecule has 1 N–H and O–H groups in total. The summed E-state index contributed by atoms with van der Waals surface area (Å²) in [6.45, 7) is 5.78. The minimum absolute atomic E-state index is 0.344. The first-order valence-electron chi connectivity index (χ1n) is 6.81. The topological polar surface area (TPSA) is 48.2 Å². The maximum Gasteiger partial charge on any atom is 0.129 e. The predicted octanol–water partition coefficient (Wildman–Crippen LogP) is 3.43. The van der Waals surface area contributed by atoms with E-state index in [1.165, 1.54) is 5.56 Å². The number of aryl methyl sites for hydroxylation is 1. The second kappa shape index (κ2) is 6.01. The molecule has 0 radical (unpaired) electrons. The summed E-state index contributed by atoms with van der Waals surface area (Å²) < 4.78 is 0. The van der Waals surface area contributed by atoms with Gasteiger partial charge in [0, 0.05) is 6.42 Å². The second-order valence-electron chi connectivity index (χ2n) is 5.84. The van der Waals surface area contributed by atoms with E-state index in [0.717, 1.165) is 23.7 Å². The number of hydrogen-bond acceptors (Lipinski definition) is 4. The molecule has 1 aliphatic heterocycles. The van der Waals surface area contributed by atoms with Gasteiger partial charge in [0.05, 0.1) is 18.0 Å². The van der Waals surface area contributed by atoms with Crippen molar-refractivity contribution in [1.82, 2.24) is 5.06 Å². The lowest BCUT2D eigenvalue weighted by Crippen LogP contribution is -2.34. The van der Waals surface area contributed by atoms with Crippen LogP contribution in [0.4, 0.5) is 0 Å². The predicted molar refractivity (Wildman–Crippen MR) is 82.2 cm³/mol. The molecule has 0 aromatic heterocycles. The van der Waals surface area contributed by atoms with Crippen molar-refractivity contribution >= 4 is 12.1 Å². The van der Waals surface area contributed by atoms with Gasteiger partial charge >= 0.3 is 0 Å². The molecule has 2 rings (SSSR count). The summed E-state index contributed by atoms with van der Waals surface area (Å²) in [5.74, 6) is 0.808. The second-order valence-corrected chi connectivity index (χ2v) is 5.84. The fourth-order valence-corrected chi connectivity index (χ4v) is 1.75. The quantitative estimate of drug-likeness (QED) is 0.853. The van der Waals surface area contributed by atoms with Crippen molar-refractivity contribution < 1.29 is 5.21 Å². The molecule has 1 aromatic rings. The van der Waals surface area contributed by atoms with Crippen molar-refractivity contribution in [1.29, 1.82) is 0 Å². The number of amidine groups is 1. The van der Waals surface area contributed by atoms with Crippen LogP contribution in [-0.2, 0) is 6.42 Å². The van der Waals surface area contributed by atoms with Gasteiger partial charge in [-0.25, -0.2) is 9.98 Å². The van der Waals surface area contributed by atoms with Gasteiger partial charge in [0.2, 0.25) is 0 Å². The van der Waals surface area contributed by atoms with Crippen molar-refractivity contribution in [3.63, 3.8) is 0 Å². The van der Waals surface area contributed by atoms with Gasteiger partial charge in [-0.3, -0.25) is 10.3 Å². The Morgan fingerprint density at radius 2 is 1.85 bits per heavy atom. The van der Waals surface area contributed by atoms with E-state index < -0.39 is 0 Å². The summed E-state index contributed by atoms with van der Waals surface area (Å²) in [6, 6.07) is 10.3. The molecule has 1 aromatic carbocycles. The molecule has 106 valence electrons. The highest BCUT2D eigenvalue weighted by Crippen LogP contribution is 2.15. The van der Waals surface area contributed by atoms with Crippen molar-refractivity contribution in [3.8, 4) is 0 Å². The number of nitrogens with zero attached hydrogens (tertiary/aromatic N) is 3. The van der Waals surface area contributed by atoms with Gasteiger partial charge < -0.3 is 0 Å². The zero-order valence-electron chi connectivity index (χ0n) is 12.2. The standard InChI is InChI=1S/C16H21N3O/c1-16(2,3)19(20)12-14-11-17-15(18-14)10-9-13-7-5-4-6-8-13/h4-8,11-12,20H,9-10H2,1-3H3. The Kier molecular flexibility index (Phi) is 4.35. The van der Waals surface area contributed by atoms with Crippen LogP contribution in [0, 0.1) is 0 Å². The Balaban J connectivity index is 1.95. The average Bonchev–Trinajstić information content (AvgIpc) is 2.84. The van der Waals surface area contributed by atoms with E-state index in [9.17, 15) is 5.21 Å². The van der Waals surface area contributed by atoms with E-state index >= 15 is 0 Å². The highest BCUT2D eigenvalue weighted by atomic mass is 16.5. The molecule has 0 saturated carbocycles. The number of hydroxylamine groups is 2. The normalized spacial score (nSPS) is 16.6. The van der Waals surface area contributed by atoms with E-state index in [1.807, 2.05) is 39.0 Å². The summed E-state index contributed by atoms with van der Waals surface area (Å²) >= 11 is 0. The highest BCUT2D eigenvalue weighted by Gasteiger charge is 2.17. The highest BCUT2D eigenvalue weighted by molar-refractivity contribution is 6.01. The molecule has 1 aliphatic rings. The Morgan fingerprint density at radius 1 is 1.15 bits per heavy atom. The monoisotopic (exact) mass is 271 g/mol. The van der Waals surface area contributed by atoms with Crippen LogP contribution in [0.25, 0.3) is 0 Å². The molecule has 0 fully saturated rings. The van der Waals surface area contributed by atoms with Gasteiger partial charge in [-0.1, -0.05) is 30.3 Å². The summed E-state index contributed by atoms with van der Waals surface area (Å²) in [7, 11) is 0. The smallest absolute Gasteiger partial charge is 0.129 e. The zero-order valence-corrected chi connectivity index (χ0v) is 12.2. The van der Waals surface area contributed by atoms with Crippen LogP contribution >= 0.6 is 0 Å². The summed E-state index contributed by atoms with van der Waals surface area (Å²) in [5, 5.41) is 11.0. The number of aliphatic imine (C=N–C) groups is 2. The van der Waals surface area contributed by atoms with Gasteiger partial charge in [0.25, 0.3) is 0 Å². The Labute approximate surface area is 120 Å². The molecule has 1 heterocycles. The van der Waals surface area contributed by atoms with Crippen LogP contribution in [0.5, 0.6) is 0 Å². The Bertz CT molecular complexity index is 539. The number of allylic oxidation sites excluding steroid dienone is 1. The van der Waals surface area contributed by atoms with E-state index in [4.69, 9.17) is 0 Å². The van der Waals surface area contributed by atoms with E-state index in [2.05, 4.69) is 22.1 Å². The zero-order chi connectivity index (χ0) is 14.6. The lowest BCUT2D eigenvalue weighted by Gasteiger charge is -2.27. The van der Waals surface area contributed by atoms with Crippen LogP contribution in [0.3, 0.4) is 0 Å². The van der Waals surface area contributed by atoms with Crippen LogP contribution in [0.1, 0.15) is 32.8 Å². The van der Waals surface area contributed by atoms with E-state index in [1.54, 1.807) is 12.4 Å². The first kappa shape index (κ1) is 14.5. The number of rotatable bonds is 4. The fraction of sp³-hybridized carbons (Fsp3) is 0.375. The molecule has 4 heteroatoms. The van der Waals surface area contributed by atoms with Crippen molar-refractivity contribution in [2.75, 3.05) is 0 Å². The summed E-state index contributed by atoms with van der Waals surface area (Å²) in [4.78, 5) is 8.70. The van der Waals surface area contributed by atoms with Crippen LogP contribution in [0.2, 0.25) is 0 Å². The average molecular weight is 271 g/mol. The van der Waals surface area contributed by atoms with Crippen molar-refractivity contribution in [2.45, 2.75) is 39.2 Å². The van der Waals surface area contributed by atoms with Crippen LogP contribution in [-0.4, -0.2) is 27.9 Å². The third kappa shape index (κ3) is 4.03. The van der Waals surface area contributed by atoms with Gasteiger partial charge in [0.1, 0.15) is 11.5 Å². The molecule has 0 saturated heterocycles. The number of hydrogen-bond donors (Lipinski definition) is 1. The van der Waals surface area contributed by atoms with Gasteiger partial charge in [-0.05, 0) is 32.8 Å². The molecule has 0 spiro atoms. The van der Waals surface area contributed by atoms with Gasteiger partial charge in [-0.2, -0.15) is 0 Å². The lowest BCUT2D eigenvalue weighted by atomic mass is 10.1. The lowest BCUT2D eigenvalue weighted by molar-refractivity contribution is -0.110. The first-order chi connectivity index (χ1) is 9.45. The molecular weight excluding hydrogens is 250 g/mol. The molecule has 0 atom stereocenters. The largest absolute Gasteiger partial charge is 0.288 e. The SMILES string of the molecule is CC(C)(C)N(O)C=C1C=NC(CCc2ccccc2)=N1. The third-order valence-corrected chi connectivity index (χ3v) is 3.03. The van der Waals surface area contributed by atoms with Crippen LogP contribution < -0.4 is 0 Å². The minimum atomic E-state index is -0.344. The molecule has 20 heavy (non-hydrogen) atoms. The van der Waals surface area contributed by atoms with Gasteiger partial charge in [0.15, 0.2) is 0 Å². The first-order valence-corrected chi connectivity index (χ1v) is 6.81. The third-order valence-electron chi connectivity index (χ3n) is 3.03. The van der Waals surface area contributed by atoms with Gasteiger partial charge in [-0.15, -0.1) is 0 Å². The van der Waals surface area contributed by atoms with Crippen LogP contribution in [0.15, 0.2) is 52.2 Å². The Hall–Kier alpha value is -1.94. The Morgan fingerprint density at radius 3 is 2.50 bits per heavy atom. The summed E-state index contributed by atoms with van der Waals surface area (Å²) in [5.41, 5.74) is 1.62. The van der Waals surface area contributed by atoms with E-state index in [0.29, 0.717) is 5.70 Å². The number of benzene rings is 1. The molecule has 0 amide bonds. The molecule has 0 unspecified atom stereocenters. The summed E-state index contributed by atoms with van der Waals surface area (Å²) in [6.07, 6.45) is 5.03. The van der Waals surface area contributed by atoms with E-state index in [-0.39, 0.29) is 5.54 Å². The minimum Gasteiger partial charge on any atom is -0.288 e.